The summed E-state index contributed by atoms with van der Waals surface area (Å²) in [6, 6.07) is 7.78. The zero-order chi connectivity index (χ0) is 13.9. The van der Waals surface area contributed by atoms with Gasteiger partial charge in [-0.3, -0.25) is 4.90 Å². The number of hydrogen-bond acceptors (Lipinski definition) is 2. The lowest BCUT2D eigenvalue weighted by molar-refractivity contribution is 0.133. The van der Waals surface area contributed by atoms with E-state index in [9.17, 15) is 0 Å². The SMILES string of the molecule is CC1CCCCC1N(C)Cc1ccc2c(c1)CCCN2. The van der Waals surface area contributed by atoms with Crippen LogP contribution in [0.15, 0.2) is 18.2 Å². The maximum atomic E-state index is 3.50. The first kappa shape index (κ1) is 13.9. The first-order chi connectivity index (χ1) is 9.74. The van der Waals surface area contributed by atoms with E-state index in [-0.39, 0.29) is 0 Å². The van der Waals surface area contributed by atoms with E-state index in [4.69, 9.17) is 0 Å². The van der Waals surface area contributed by atoms with Gasteiger partial charge in [0.25, 0.3) is 0 Å². The third-order valence-electron chi connectivity index (χ3n) is 5.17. The Morgan fingerprint density at radius 2 is 2.05 bits per heavy atom. The molecule has 0 radical (unpaired) electrons. The van der Waals surface area contributed by atoms with E-state index >= 15 is 0 Å². The van der Waals surface area contributed by atoms with Crippen LogP contribution in [0.2, 0.25) is 0 Å². The molecule has 1 aliphatic heterocycles. The second kappa shape index (κ2) is 6.17. The van der Waals surface area contributed by atoms with Gasteiger partial charge < -0.3 is 5.32 Å². The van der Waals surface area contributed by atoms with Gasteiger partial charge in [-0.05, 0) is 55.8 Å². The number of rotatable bonds is 3. The van der Waals surface area contributed by atoms with E-state index in [0.29, 0.717) is 0 Å². The Labute approximate surface area is 123 Å². The van der Waals surface area contributed by atoms with Gasteiger partial charge in [-0.2, -0.15) is 0 Å². The minimum atomic E-state index is 0.776. The molecular formula is C18H28N2. The van der Waals surface area contributed by atoms with E-state index in [1.807, 2.05) is 0 Å². The van der Waals surface area contributed by atoms with Crippen molar-refractivity contribution < 1.29 is 0 Å². The van der Waals surface area contributed by atoms with Gasteiger partial charge in [0.2, 0.25) is 0 Å². The number of hydrogen-bond donors (Lipinski definition) is 1. The summed E-state index contributed by atoms with van der Waals surface area (Å²) in [6.07, 6.45) is 8.13. The summed E-state index contributed by atoms with van der Waals surface area (Å²) in [5, 5.41) is 3.50. The van der Waals surface area contributed by atoms with Gasteiger partial charge in [0, 0.05) is 24.8 Å². The van der Waals surface area contributed by atoms with Gasteiger partial charge in [-0.15, -0.1) is 0 Å². The molecule has 1 fully saturated rings. The molecule has 0 spiro atoms. The van der Waals surface area contributed by atoms with Crippen LogP contribution in [0.4, 0.5) is 5.69 Å². The molecule has 3 rings (SSSR count). The third-order valence-corrected chi connectivity index (χ3v) is 5.17. The molecule has 1 aromatic rings. The van der Waals surface area contributed by atoms with E-state index in [0.717, 1.165) is 25.0 Å². The van der Waals surface area contributed by atoms with Crippen LogP contribution in [0.5, 0.6) is 0 Å². The fourth-order valence-electron chi connectivity index (χ4n) is 3.98. The normalized spacial score (nSPS) is 26.1. The van der Waals surface area contributed by atoms with Crippen molar-refractivity contribution in [1.29, 1.82) is 0 Å². The number of fused-ring (bicyclic) bond motifs is 1. The Hall–Kier alpha value is -1.02. The third kappa shape index (κ3) is 3.01. The van der Waals surface area contributed by atoms with Gasteiger partial charge in [-0.1, -0.05) is 31.9 Å². The molecule has 110 valence electrons. The highest BCUT2D eigenvalue weighted by Crippen LogP contribution is 2.29. The molecule has 0 aromatic heterocycles. The summed E-state index contributed by atoms with van der Waals surface area (Å²) >= 11 is 0. The Balaban J connectivity index is 1.67. The van der Waals surface area contributed by atoms with Crippen molar-refractivity contribution in [2.75, 3.05) is 18.9 Å². The van der Waals surface area contributed by atoms with Crippen molar-refractivity contribution in [2.24, 2.45) is 5.92 Å². The number of nitrogens with one attached hydrogen (secondary N) is 1. The molecule has 2 nitrogen and oxygen atoms in total. The fraction of sp³-hybridized carbons (Fsp3) is 0.667. The molecule has 2 unspecified atom stereocenters. The molecule has 2 heteroatoms. The minimum absolute atomic E-state index is 0.776. The second-order valence-electron chi connectivity index (χ2n) is 6.77. The van der Waals surface area contributed by atoms with Crippen molar-refractivity contribution in [3.8, 4) is 0 Å². The quantitative estimate of drug-likeness (QED) is 0.893. The van der Waals surface area contributed by atoms with Crippen LogP contribution in [0.1, 0.15) is 50.2 Å². The summed E-state index contributed by atoms with van der Waals surface area (Å²) in [5.41, 5.74) is 4.35. The molecule has 2 aliphatic rings. The highest BCUT2D eigenvalue weighted by molar-refractivity contribution is 5.54. The molecule has 1 N–H and O–H groups in total. The standard InChI is InChI=1S/C18H28N2/c1-14-6-3-4-8-18(14)20(2)13-15-9-10-17-16(12-15)7-5-11-19-17/h9-10,12,14,18-19H,3-8,11,13H2,1-2H3. The van der Waals surface area contributed by atoms with E-state index in [1.165, 1.54) is 55.3 Å². The van der Waals surface area contributed by atoms with Crippen molar-refractivity contribution >= 4 is 5.69 Å². The van der Waals surface area contributed by atoms with Crippen molar-refractivity contribution in [1.82, 2.24) is 4.90 Å². The van der Waals surface area contributed by atoms with Crippen molar-refractivity contribution in [3.63, 3.8) is 0 Å². The molecule has 0 amide bonds. The van der Waals surface area contributed by atoms with E-state index < -0.39 is 0 Å². The summed E-state index contributed by atoms with van der Waals surface area (Å²) in [4.78, 5) is 2.59. The average Bonchev–Trinajstić information content (AvgIpc) is 2.47. The summed E-state index contributed by atoms with van der Waals surface area (Å²) < 4.78 is 0. The summed E-state index contributed by atoms with van der Waals surface area (Å²) in [7, 11) is 2.31. The van der Waals surface area contributed by atoms with Gasteiger partial charge in [0.1, 0.15) is 0 Å². The first-order valence-corrected chi connectivity index (χ1v) is 8.30. The minimum Gasteiger partial charge on any atom is -0.385 e. The molecule has 2 atom stereocenters. The number of benzene rings is 1. The van der Waals surface area contributed by atoms with Crippen molar-refractivity contribution in [3.05, 3.63) is 29.3 Å². The molecular weight excluding hydrogens is 244 g/mol. The van der Waals surface area contributed by atoms with E-state index in [2.05, 4.69) is 42.4 Å². The lowest BCUT2D eigenvalue weighted by atomic mass is 9.85. The Morgan fingerprint density at radius 3 is 2.90 bits per heavy atom. The summed E-state index contributed by atoms with van der Waals surface area (Å²) in [5.74, 6) is 0.855. The predicted octanol–water partition coefficient (Wildman–Crippen LogP) is 4.06. The summed E-state index contributed by atoms with van der Waals surface area (Å²) in [6.45, 7) is 4.66. The number of aryl methyl sites for hydroxylation is 1. The van der Waals surface area contributed by atoms with Gasteiger partial charge in [-0.25, -0.2) is 0 Å². The first-order valence-electron chi connectivity index (χ1n) is 8.30. The monoisotopic (exact) mass is 272 g/mol. The topological polar surface area (TPSA) is 15.3 Å². The average molecular weight is 272 g/mol. The molecule has 1 aliphatic carbocycles. The van der Waals surface area contributed by atoms with Crippen LogP contribution in [-0.2, 0) is 13.0 Å². The smallest absolute Gasteiger partial charge is 0.0372 e. The Morgan fingerprint density at radius 1 is 1.20 bits per heavy atom. The van der Waals surface area contributed by atoms with Crippen LogP contribution in [-0.4, -0.2) is 24.5 Å². The fourth-order valence-corrected chi connectivity index (χ4v) is 3.98. The second-order valence-corrected chi connectivity index (χ2v) is 6.77. The number of nitrogens with zero attached hydrogens (tertiary/aromatic N) is 1. The highest BCUT2D eigenvalue weighted by atomic mass is 15.1. The maximum Gasteiger partial charge on any atom is 0.0372 e. The highest BCUT2D eigenvalue weighted by Gasteiger charge is 2.24. The van der Waals surface area contributed by atoms with Crippen molar-refractivity contribution in [2.45, 2.75) is 58.0 Å². The van der Waals surface area contributed by atoms with Gasteiger partial charge >= 0.3 is 0 Å². The Kier molecular flexibility index (Phi) is 4.30. The molecule has 1 heterocycles. The van der Waals surface area contributed by atoms with Crippen LogP contribution in [0, 0.1) is 5.92 Å². The lowest BCUT2D eigenvalue weighted by Gasteiger charge is -2.36. The van der Waals surface area contributed by atoms with Crippen LogP contribution >= 0.6 is 0 Å². The predicted molar refractivity (Wildman–Crippen MR) is 86.1 cm³/mol. The lowest BCUT2D eigenvalue weighted by Crippen LogP contribution is -2.38. The molecule has 0 saturated heterocycles. The molecule has 1 aromatic carbocycles. The molecule has 0 bridgehead atoms. The number of anilines is 1. The van der Waals surface area contributed by atoms with Crippen LogP contribution < -0.4 is 5.32 Å². The van der Waals surface area contributed by atoms with Crippen LogP contribution in [0.25, 0.3) is 0 Å². The van der Waals surface area contributed by atoms with Gasteiger partial charge in [0.15, 0.2) is 0 Å². The largest absolute Gasteiger partial charge is 0.385 e. The molecule has 20 heavy (non-hydrogen) atoms. The van der Waals surface area contributed by atoms with Crippen LogP contribution in [0.3, 0.4) is 0 Å². The zero-order valence-corrected chi connectivity index (χ0v) is 13.0. The van der Waals surface area contributed by atoms with Gasteiger partial charge in [0.05, 0.1) is 0 Å². The maximum absolute atomic E-state index is 3.50. The molecule has 1 saturated carbocycles. The zero-order valence-electron chi connectivity index (χ0n) is 13.0. The van der Waals surface area contributed by atoms with E-state index in [1.54, 1.807) is 0 Å². The Bertz CT molecular complexity index is 455.